The molecule has 3 rings (SSSR count). The van der Waals surface area contributed by atoms with E-state index in [9.17, 15) is 14.0 Å². The Kier molecular flexibility index (Phi) is 4.31. The molecule has 1 aromatic heterocycles. The first-order valence-corrected chi connectivity index (χ1v) is 7.99. The van der Waals surface area contributed by atoms with E-state index in [1.54, 1.807) is 43.3 Å². The first-order chi connectivity index (χ1) is 11.5. The number of hydrogen-bond donors (Lipinski definition) is 1. The summed E-state index contributed by atoms with van der Waals surface area (Å²) in [5, 5.41) is 3.22. The Balaban J connectivity index is 1.86. The van der Waals surface area contributed by atoms with E-state index in [0.717, 1.165) is 10.3 Å². The minimum atomic E-state index is -0.434. The van der Waals surface area contributed by atoms with Crippen LogP contribution in [0.4, 0.5) is 10.1 Å². The molecule has 4 nitrogen and oxygen atoms in total. The zero-order valence-corrected chi connectivity index (χ0v) is 13.9. The number of esters is 1. The van der Waals surface area contributed by atoms with Gasteiger partial charge in [-0.15, -0.1) is 11.3 Å². The van der Waals surface area contributed by atoms with Crippen molar-refractivity contribution in [2.24, 2.45) is 0 Å². The Morgan fingerprint density at radius 1 is 1.17 bits per heavy atom. The van der Waals surface area contributed by atoms with Gasteiger partial charge in [0.25, 0.3) is 5.91 Å². The van der Waals surface area contributed by atoms with Crippen LogP contribution in [0.1, 0.15) is 25.6 Å². The lowest BCUT2D eigenvalue weighted by molar-refractivity contribution is 0.0600. The SMILES string of the molecule is COC(=O)c1ccc(NC(=O)c2cc3c(F)cccc3s2)c(C)c1. The van der Waals surface area contributed by atoms with Crippen LogP contribution in [0, 0.1) is 12.7 Å². The lowest BCUT2D eigenvalue weighted by Crippen LogP contribution is -2.11. The van der Waals surface area contributed by atoms with Gasteiger partial charge in [-0.3, -0.25) is 4.79 Å². The first kappa shape index (κ1) is 16.1. The van der Waals surface area contributed by atoms with Crippen LogP contribution in [0.2, 0.25) is 0 Å². The highest BCUT2D eigenvalue weighted by atomic mass is 32.1. The van der Waals surface area contributed by atoms with Crippen molar-refractivity contribution in [2.45, 2.75) is 6.92 Å². The smallest absolute Gasteiger partial charge is 0.337 e. The highest BCUT2D eigenvalue weighted by molar-refractivity contribution is 7.20. The molecule has 6 heteroatoms. The Morgan fingerprint density at radius 3 is 2.62 bits per heavy atom. The summed E-state index contributed by atoms with van der Waals surface area (Å²) in [4.78, 5) is 24.3. The maximum absolute atomic E-state index is 13.7. The van der Waals surface area contributed by atoms with E-state index in [0.29, 0.717) is 21.5 Å². The van der Waals surface area contributed by atoms with Crippen LogP contribution in [-0.4, -0.2) is 19.0 Å². The molecule has 122 valence electrons. The summed E-state index contributed by atoms with van der Waals surface area (Å²) >= 11 is 1.23. The van der Waals surface area contributed by atoms with Gasteiger partial charge in [0.2, 0.25) is 0 Å². The number of benzene rings is 2. The van der Waals surface area contributed by atoms with E-state index in [1.807, 2.05) is 0 Å². The molecule has 2 aromatic carbocycles. The van der Waals surface area contributed by atoms with E-state index >= 15 is 0 Å². The quantitative estimate of drug-likeness (QED) is 0.718. The minimum absolute atomic E-state index is 0.315. The van der Waals surface area contributed by atoms with Crippen LogP contribution in [-0.2, 0) is 4.74 Å². The third-order valence-corrected chi connectivity index (χ3v) is 4.73. The van der Waals surface area contributed by atoms with Crippen molar-refractivity contribution in [1.29, 1.82) is 0 Å². The fourth-order valence-electron chi connectivity index (χ4n) is 2.37. The number of nitrogens with one attached hydrogen (secondary N) is 1. The fourth-order valence-corrected chi connectivity index (χ4v) is 3.34. The standard InChI is InChI=1S/C18H14FNO3S/c1-10-8-11(18(22)23-2)6-7-14(10)20-17(21)16-9-12-13(19)4-3-5-15(12)24-16/h3-9H,1-2H3,(H,20,21). The number of hydrogen-bond acceptors (Lipinski definition) is 4. The number of halogens is 1. The lowest BCUT2D eigenvalue weighted by atomic mass is 10.1. The molecule has 0 fully saturated rings. The summed E-state index contributed by atoms with van der Waals surface area (Å²) in [6, 6.07) is 11.2. The molecule has 1 N–H and O–H groups in total. The Bertz CT molecular complexity index is 949. The first-order valence-electron chi connectivity index (χ1n) is 7.18. The van der Waals surface area contributed by atoms with Gasteiger partial charge in [0.1, 0.15) is 5.82 Å². The average molecular weight is 343 g/mol. The Hall–Kier alpha value is -2.73. The van der Waals surface area contributed by atoms with Crippen LogP contribution in [0.3, 0.4) is 0 Å². The van der Waals surface area contributed by atoms with Gasteiger partial charge in [-0.2, -0.15) is 0 Å². The van der Waals surface area contributed by atoms with E-state index in [4.69, 9.17) is 0 Å². The molecule has 0 radical (unpaired) electrons. The predicted octanol–water partition coefficient (Wildman–Crippen LogP) is 4.39. The molecule has 0 aliphatic rings. The second-order valence-electron chi connectivity index (χ2n) is 5.24. The molecule has 0 aliphatic carbocycles. The van der Waals surface area contributed by atoms with Gasteiger partial charge in [0, 0.05) is 15.8 Å². The topological polar surface area (TPSA) is 55.4 Å². The number of rotatable bonds is 3. The van der Waals surface area contributed by atoms with Gasteiger partial charge in [0.05, 0.1) is 17.6 Å². The number of carbonyl (C=O) groups is 2. The number of ether oxygens (including phenoxy) is 1. The van der Waals surface area contributed by atoms with E-state index in [-0.39, 0.29) is 11.7 Å². The van der Waals surface area contributed by atoms with E-state index < -0.39 is 5.97 Å². The lowest BCUT2D eigenvalue weighted by Gasteiger charge is -2.08. The Labute approximate surface area is 141 Å². The summed E-state index contributed by atoms with van der Waals surface area (Å²) in [5.41, 5.74) is 1.74. The van der Waals surface area contributed by atoms with Crippen molar-refractivity contribution in [3.05, 3.63) is 64.3 Å². The average Bonchev–Trinajstić information content (AvgIpc) is 3.01. The number of anilines is 1. The molecule has 1 amide bonds. The molecule has 24 heavy (non-hydrogen) atoms. The Morgan fingerprint density at radius 2 is 1.96 bits per heavy atom. The largest absolute Gasteiger partial charge is 0.465 e. The number of amides is 1. The van der Waals surface area contributed by atoms with E-state index in [2.05, 4.69) is 10.1 Å². The van der Waals surface area contributed by atoms with Crippen molar-refractivity contribution in [3.63, 3.8) is 0 Å². The maximum Gasteiger partial charge on any atom is 0.337 e. The zero-order chi connectivity index (χ0) is 17.3. The van der Waals surface area contributed by atoms with Crippen molar-refractivity contribution < 1.29 is 18.7 Å². The summed E-state index contributed by atoms with van der Waals surface area (Å²) in [5.74, 6) is -1.10. The van der Waals surface area contributed by atoms with Crippen LogP contribution >= 0.6 is 11.3 Å². The highest BCUT2D eigenvalue weighted by Gasteiger charge is 2.14. The summed E-state index contributed by atoms with van der Waals surface area (Å²) < 4.78 is 19.1. The highest BCUT2D eigenvalue weighted by Crippen LogP contribution is 2.28. The number of methoxy groups -OCH3 is 1. The maximum atomic E-state index is 13.7. The second kappa shape index (κ2) is 6.41. The fraction of sp³-hybridized carbons (Fsp3) is 0.111. The predicted molar refractivity (Wildman–Crippen MR) is 92.3 cm³/mol. The van der Waals surface area contributed by atoms with Crippen molar-refractivity contribution in [1.82, 2.24) is 0 Å². The summed E-state index contributed by atoms with van der Waals surface area (Å²) in [7, 11) is 1.31. The van der Waals surface area contributed by atoms with E-state index in [1.165, 1.54) is 24.5 Å². The molecule has 0 unspecified atom stereocenters. The van der Waals surface area contributed by atoms with Crippen LogP contribution in [0.5, 0.6) is 0 Å². The monoisotopic (exact) mass is 343 g/mol. The van der Waals surface area contributed by atoms with Gasteiger partial charge < -0.3 is 10.1 Å². The number of aryl methyl sites for hydroxylation is 1. The molecule has 0 saturated heterocycles. The molecular formula is C18H14FNO3S. The van der Waals surface area contributed by atoms with Crippen LogP contribution in [0.25, 0.3) is 10.1 Å². The van der Waals surface area contributed by atoms with Gasteiger partial charge in [-0.1, -0.05) is 6.07 Å². The van der Waals surface area contributed by atoms with Crippen molar-refractivity contribution in [3.8, 4) is 0 Å². The van der Waals surface area contributed by atoms with Crippen molar-refractivity contribution >= 4 is 39.0 Å². The van der Waals surface area contributed by atoms with Gasteiger partial charge in [0.15, 0.2) is 0 Å². The molecule has 0 aliphatic heterocycles. The third kappa shape index (κ3) is 3.00. The normalized spacial score (nSPS) is 10.6. The number of thiophene rings is 1. The van der Waals surface area contributed by atoms with Gasteiger partial charge in [-0.25, -0.2) is 9.18 Å². The molecule has 0 bridgehead atoms. The van der Waals surface area contributed by atoms with Crippen molar-refractivity contribution in [2.75, 3.05) is 12.4 Å². The molecule has 3 aromatic rings. The van der Waals surface area contributed by atoms with Crippen LogP contribution in [0.15, 0.2) is 42.5 Å². The third-order valence-electron chi connectivity index (χ3n) is 3.63. The summed E-state index contributed by atoms with van der Waals surface area (Å²) in [6.45, 7) is 1.78. The minimum Gasteiger partial charge on any atom is -0.465 e. The molecule has 1 heterocycles. The molecule has 0 saturated carbocycles. The summed E-state index contributed by atoms with van der Waals surface area (Å²) in [6.07, 6.45) is 0. The number of fused-ring (bicyclic) bond motifs is 1. The number of carbonyl (C=O) groups excluding carboxylic acids is 2. The van der Waals surface area contributed by atoms with Gasteiger partial charge in [-0.05, 0) is 48.9 Å². The second-order valence-corrected chi connectivity index (χ2v) is 6.32. The zero-order valence-electron chi connectivity index (χ0n) is 13.1. The van der Waals surface area contributed by atoms with Crippen LogP contribution < -0.4 is 5.32 Å². The van der Waals surface area contributed by atoms with Gasteiger partial charge >= 0.3 is 5.97 Å². The molecular weight excluding hydrogens is 329 g/mol. The molecule has 0 spiro atoms. The molecule has 0 atom stereocenters.